The molecule has 29 heavy (non-hydrogen) atoms. The van der Waals surface area contributed by atoms with Crippen LogP contribution in [-0.4, -0.2) is 14.1 Å². The molecule has 146 valence electrons. The summed E-state index contributed by atoms with van der Waals surface area (Å²) in [5, 5.41) is 0.302. The number of rotatable bonds is 3. The second-order valence-electron chi connectivity index (χ2n) is 6.51. The van der Waals surface area contributed by atoms with E-state index < -0.39 is 11.8 Å². The normalized spacial score (nSPS) is 11.0. The number of hydrogen-bond donors (Lipinski definition) is 1. The Morgan fingerprint density at radius 3 is 2.28 bits per heavy atom. The van der Waals surface area contributed by atoms with Crippen LogP contribution in [0.1, 0.15) is 0 Å². The van der Waals surface area contributed by atoms with Crippen molar-refractivity contribution in [1.82, 2.24) is 14.1 Å². The van der Waals surface area contributed by atoms with E-state index in [4.69, 9.17) is 17.3 Å². The summed E-state index contributed by atoms with van der Waals surface area (Å²) in [5.74, 6) is -1.21. The average molecular weight is 413 g/mol. The third-order valence-corrected chi connectivity index (χ3v) is 4.95. The molecule has 0 saturated carbocycles. The minimum Gasteiger partial charge on any atom is -0.398 e. The monoisotopic (exact) mass is 412 g/mol. The van der Waals surface area contributed by atoms with Crippen molar-refractivity contribution >= 4 is 17.3 Å². The van der Waals surface area contributed by atoms with Gasteiger partial charge in [0.15, 0.2) is 0 Å². The fraction of sp³-hybridized carbons (Fsp3) is 0.0476. The molecule has 0 atom stereocenters. The van der Waals surface area contributed by atoms with Crippen LogP contribution in [-0.2, 0) is 7.05 Å². The molecule has 0 amide bonds. The summed E-state index contributed by atoms with van der Waals surface area (Å²) < 4.78 is 30.7. The van der Waals surface area contributed by atoms with Gasteiger partial charge in [0, 0.05) is 48.5 Å². The molecule has 2 aromatic carbocycles. The van der Waals surface area contributed by atoms with Crippen molar-refractivity contribution in [3.63, 3.8) is 0 Å². The molecule has 5 nitrogen and oxygen atoms in total. The molecule has 2 aromatic heterocycles. The minimum absolute atomic E-state index is 0.244. The van der Waals surface area contributed by atoms with E-state index in [0.717, 1.165) is 0 Å². The number of nitrogens with two attached hydrogens (primary N) is 1. The summed E-state index contributed by atoms with van der Waals surface area (Å²) in [6.07, 6.45) is 4.52. The van der Waals surface area contributed by atoms with Crippen molar-refractivity contribution in [1.29, 1.82) is 0 Å². The number of benzene rings is 2. The van der Waals surface area contributed by atoms with Gasteiger partial charge in [0.25, 0.3) is 0 Å². The van der Waals surface area contributed by atoms with E-state index in [9.17, 15) is 13.6 Å². The summed E-state index contributed by atoms with van der Waals surface area (Å²) in [6, 6.07) is 10.2. The molecule has 0 aliphatic heterocycles. The molecule has 0 bridgehead atoms. The van der Waals surface area contributed by atoms with Crippen LogP contribution in [0.15, 0.2) is 65.8 Å². The summed E-state index contributed by atoms with van der Waals surface area (Å²) >= 11 is 6.40. The Morgan fingerprint density at radius 1 is 1.00 bits per heavy atom. The van der Waals surface area contributed by atoms with E-state index in [1.807, 2.05) is 0 Å². The second-order valence-corrected chi connectivity index (χ2v) is 6.92. The smallest absolute Gasteiger partial charge is 0.332 e. The van der Waals surface area contributed by atoms with Crippen LogP contribution in [0.4, 0.5) is 14.5 Å². The summed E-state index contributed by atoms with van der Waals surface area (Å²) in [6.45, 7) is 0. The predicted molar refractivity (Wildman–Crippen MR) is 109 cm³/mol. The summed E-state index contributed by atoms with van der Waals surface area (Å²) in [5.41, 5.74) is 8.54. The lowest BCUT2D eigenvalue weighted by molar-refractivity contribution is 0.584. The van der Waals surface area contributed by atoms with Crippen molar-refractivity contribution in [2.24, 2.45) is 7.05 Å². The van der Waals surface area contributed by atoms with E-state index >= 15 is 0 Å². The van der Waals surface area contributed by atoms with Crippen molar-refractivity contribution in [3.05, 3.63) is 88.3 Å². The largest absolute Gasteiger partial charge is 0.398 e. The van der Waals surface area contributed by atoms with Crippen LogP contribution in [0.25, 0.3) is 27.9 Å². The Morgan fingerprint density at radius 2 is 1.69 bits per heavy atom. The lowest BCUT2D eigenvalue weighted by atomic mass is 9.96. The van der Waals surface area contributed by atoms with Gasteiger partial charge < -0.3 is 10.3 Å². The standard InChI is InChI=1S/C21H15ClF2N4O/c1-27-6-7-28(21(27)29)18-3-2-12(8-17(18)22)15-10-14(23)11-16(20(15)25)13-4-5-26-19(24)9-13/h2-11H,25H2,1H3. The molecule has 2 heterocycles. The lowest BCUT2D eigenvalue weighted by Crippen LogP contribution is -2.20. The molecule has 4 rings (SSSR count). The van der Waals surface area contributed by atoms with Crippen LogP contribution in [0.5, 0.6) is 0 Å². The molecule has 8 heteroatoms. The van der Waals surface area contributed by atoms with Gasteiger partial charge >= 0.3 is 5.69 Å². The number of imidazole rings is 1. The van der Waals surface area contributed by atoms with Crippen molar-refractivity contribution in [2.75, 3.05) is 5.73 Å². The van der Waals surface area contributed by atoms with E-state index in [1.54, 1.807) is 43.7 Å². The van der Waals surface area contributed by atoms with E-state index in [1.165, 1.54) is 33.5 Å². The van der Waals surface area contributed by atoms with Crippen molar-refractivity contribution in [3.8, 4) is 27.9 Å². The fourth-order valence-corrected chi connectivity index (χ4v) is 3.45. The maximum atomic E-state index is 14.3. The number of aryl methyl sites for hydroxylation is 1. The molecule has 2 N–H and O–H groups in total. The van der Waals surface area contributed by atoms with Gasteiger partial charge in [-0.3, -0.25) is 4.57 Å². The SMILES string of the molecule is Cn1ccn(-c2ccc(-c3cc(F)cc(-c4ccnc(F)c4)c3N)cc2Cl)c1=O. The minimum atomic E-state index is -0.687. The van der Waals surface area contributed by atoms with Gasteiger partial charge in [0.05, 0.1) is 10.7 Å². The zero-order valence-corrected chi connectivity index (χ0v) is 16.0. The first kappa shape index (κ1) is 18.9. The number of nitrogens with zero attached hydrogens (tertiary/aromatic N) is 3. The fourth-order valence-electron chi connectivity index (χ4n) is 3.18. The Labute approximate surface area is 169 Å². The first-order valence-corrected chi connectivity index (χ1v) is 8.98. The predicted octanol–water partition coefficient (Wildman–Crippen LogP) is 4.42. The number of pyridine rings is 1. The van der Waals surface area contributed by atoms with Crippen LogP contribution >= 0.6 is 11.6 Å². The zero-order chi connectivity index (χ0) is 20.7. The van der Waals surface area contributed by atoms with Crippen molar-refractivity contribution < 1.29 is 8.78 Å². The molecular weight excluding hydrogens is 398 g/mol. The highest BCUT2D eigenvalue weighted by molar-refractivity contribution is 6.32. The van der Waals surface area contributed by atoms with E-state index in [0.29, 0.717) is 33.0 Å². The average Bonchev–Trinajstić information content (AvgIpc) is 3.02. The number of hydrogen-bond acceptors (Lipinski definition) is 3. The highest BCUT2D eigenvalue weighted by atomic mass is 35.5. The lowest BCUT2D eigenvalue weighted by Gasteiger charge is -2.14. The van der Waals surface area contributed by atoms with Crippen LogP contribution in [0.3, 0.4) is 0 Å². The zero-order valence-electron chi connectivity index (χ0n) is 15.2. The first-order valence-electron chi connectivity index (χ1n) is 8.60. The maximum absolute atomic E-state index is 14.3. The number of halogens is 3. The second kappa shape index (κ2) is 7.18. The molecule has 4 aromatic rings. The van der Waals surface area contributed by atoms with Gasteiger partial charge in [0.1, 0.15) is 5.82 Å². The van der Waals surface area contributed by atoms with Gasteiger partial charge in [-0.25, -0.2) is 14.2 Å². The topological polar surface area (TPSA) is 65.8 Å². The first-order chi connectivity index (χ1) is 13.8. The van der Waals surface area contributed by atoms with Crippen molar-refractivity contribution in [2.45, 2.75) is 0 Å². The maximum Gasteiger partial charge on any atom is 0.332 e. The van der Waals surface area contributed by atoms with Gasteiger partial charge in [-0.15, -0.1) is 0 Å². The Balaban J connectivity index is 1.84. The molecule has 0 aliphatic carbocycles. The molecule has 0 spiro atoms. The number of aromatic nitrogens is 3. The Kier molecular flexibility index (Phi) is 4.68. The summed E-state index contributed by atoms with van der Waals surface area (Å²) in [7, 11) is 1.64. The molecule has 0 aliphatic rings. The molecule has 0 saturated heterocycles. The third kappa shape index (κ3) is 3.40. The highest BCUT2D eigenvalue weighted by Gasteiger charge is 2.15. The van der Waals surface area contributed by atoms with Crippen LogP contribution in [0, 0.1) is 11.8 Å². The van der Waals surface area contributed by atoms with Gasteiger partial charge in [-0.2, -0.15) is 4.39 Å². The van der Waals surface area contributed by atoms with Gasteiger partial charge in [-0.1, -0.05) is 17.7 Å². The molecule has 0 fully saturated rings. The highest BCUT2D eigenvalue weighted by Crippen LogP contribution is 2.37. The molecular formula is C21H15ClF2N4O. The Bertz CT molecular complexity index is 1300. The van der Waals surface area contributed by atoms with Gasteiger partial charge in [-0.05, 0) is 41.5 Å². The third-order valence-electron chi connectivity index (χ3n) is 4.65. The van der Waals surface area contributed by atoms with Gasteiger partial charge in [0.2, 0.25) is 5.95 Å². The van der Waals surface area contributed by atoms with E-state index in [-0.39, 0.29) is 11.4 Å². The van der Waals surface area contributed by atoms with E-state index in [2.05, 4.69) is 4.98 Å². The number of anilines is 1. The Hall–Kier alpha value is -3.45. The number of nitrogen functional groups attached to an aromatic ring is 1. The summed E-state index contributed by atoms with van der Waals surface area (Å²) in [4.78, 5) is 15.7. The molecule has 0 unspecified atom stereocenters. The quantitative estimate of drug-likeness (QED) is 0.400. The molecule has 0 radical (unpaired) electrons. The van der Waals surface area contributed by atoms with Crippen LogP contribution in [0.2, 0.25) is 5.02 Å². The van der Waals surface area contributed by atoms with Crippen LogP contribution < -0.4 is 11.4 Å².